The molecule has 5 aromatic rings. The van der Waals surface area contributed by atoms with Crippen molar-refractivity contribution < 1.29 is 19.1 Å². The Bertz CT molecular complexity index is 1580. The Morgan fingerprint density at radius 1 is 0.921 bits per heavy atom. The van der Waals surface area contributed by atoms with Crippen LogP contribution in [0.3, 0.4) is 0 Å². The minimum absolute atomic E-state index is 0.352. The third-order valence-corrected chi connectivity index (χ3v) is 5.62. The van der Waals surface area contributed by atoms with Crippen LogP contribution in [0.25, 0.3) is 16.9 Å². The summed E-state index contributed by atoms with van der Waals surface area (Å²) < 4.78 is 12.2. The highest BCUT2D eigenvalue weighted by molar-refractivity contribution is 6.08. The van der Waals surface area contributed by atoms with Gasteiger partial charge in [0.25, 0.3) is 5.91 Å². The number of carbonyl (C=O) groups is 2. The second-order valence-electron chi connectivity index (χ2n) is 8.28. The molecule has 5 rings (SSSR count). The predicted octanol–water partition coefficient (Wildman–Crippen LogP) is 5.35. The van der Waals surface area contributed by atoms with E-state index in [0.717, 1.165) is 5.56 Å². The van der Waals surface area contributed by atoms with Gasteiger partial charge in [0, 0.05) is 41.5 Å². The highest BCUT2D eigenvalue weighted by Gasteiger charge is 2.19. The molecule has 2 aromatic heterocycles. The molecule has 0 aliphatic rings. The molecule has 0 spiro atoms. The van der Waals surface area contributed by atoms with Crippen molar-refractivity contribution in [3.05, 3.63) is 115 Å². The first kappa shape index (κ1) is 24.3. The summed E-state index contributed by atoms with van der Waals surface area (Å²) >= 11 is 0. The number of ether oxygens (including phenoxy) is 2. The van der Waals surface area contributed by atoms with E-state index < -0.39 is 5.97 Å². The lowest BCUT2D eigenvalue weighted by Crippen LogP contribution is -2.12. The molecule has 38 heavy (non-hydrogen) atoms. The Kier molecular flexibility index (Phi) is 6.81. The van der Waals surface area contributed by atoms with E-state index in [4.69, 9.17) is 15.2 Å². The Morgan fingerprint density at radius 2 is 1.71 bits per heavy atom. The van der Waals surface area contributed by atoms with Gasteiger partial charge >= 0.3 is 5.97 Å². The van der Waals surface area contributed by atoms with Crippen molar-refractivity contribution in [3.63, 3.8) is 0 Å². The number of hydrogen-bond donors (Lipinski definition) is 2. The van der Waals surface area contributed by atoms with Crippen LogP contribution in [0, 0.1) is 0 Å². The number of pyridine rings is 1. The third kappa shape index (κ3) is 5.36. The van der Waals surface area contributed by atoms with Crippen molar-refractivity contribution in [2.75, 3.05) is 18.2 Å². The molecule has 3 aromatic carbocycles. The Morgan fingerprint density at radius 3 is 2.42 bits per heavy atom. The van der Waals surface area contributed by atoms with Crippen LogP contribution < -0.4 is 15.8 Å². The van der Waals surface area contributed by atoms with E-state index in [1.807, 2.05) is 30.3 Å². The quantitative estimate of drug-likeness (QED) is 0.226. The Balaban J connectivity index is 1.46. The van der Waals surface area contributed by atoms with Gasteiger partial charge in [0.2, 0.25) is 0 Å². The van der Waals surface area contributed by atoms with Gasteiger partial charge in [-0.2, -0.15) is 5.10 Å². The first-order chi connectivity index (χ1) is 18.5. The molecule has 0 saturated heterocycles. The van der Waals surface area contributed by atoms with E-state index in [1.165, 1.54) is 7.11 Å². The van der Waals surface area contributed by atoms with Crippen LogP contribution in [0.1, 0.15) is 20.7 Å². The predicted molar refractivity (Wildman–Crippen MR) is 143 cm³/mol. The number of nitrogens with zero attached hydrogens (tertiary/aromatic N) is 3. The summed E-state index contributed by atoms with van der Waals surface area (Å²) in [7, 11) is 1.33. The minimum Gasteiger partial charge on any atom is -0.465 e. The van der Waals surface area contributed by atoms with Crippen LogP contribution in [-0.4, -0.2) is 33.8 Å². The molecule has 9 nitrogen and oxygen atoms in total. The number of amides is 1. The number of aromatic nitrogens is 3. The summed E-state index contributed by atoms with van der Waals surface area (Å²) in [6.45, 7) is 0. The number of benzene rings is 3. The van der Waals surface area contributed by atoms with E-state index in [2.05, 4.69) is 15.4 Å². The van der Waals surface area contributed by atoms with E-state index in [9.17, 15) is 9.59 Å². The topological polar surface area (TPSA) is 121 Å². The number of nitrogens with one attached hydrogen (secondary N) is 1. The lowest BCUT2D eigenvalue weighted by atomic mass is 10.1. The van der Waals surface area contributed by atoms with Gasteiger partial charge in [-0.3, -0.25) is 9.78 Å². The van der Waals surface area contributed by atoms with Crippen LogP contribution in [-0.2, 0) is 4.74 Å². The van der Waals surface area contributed by atoms with Crippen molar-refractivity contribution in [1.29, 1.82) is 0 Å². The van der Waals surface area contributed by atoms with Gasteiger partial charge in [0.15, 0.2) is 0 Å². The smallest absolute Gasteiger partial charge is 0.337 e. The fourth-order valence-corrected chi connectivity index (χ4v) is 3.84. The maximum absolute atomic E-state index is 13.5. The van der Waals surface area contributed by atoms with Crippen molar-refractivity contribution in [3.8, 4) is 28.4 Å². The number of esters is 1. The highest BCUT2D eigenvalue weighted by Crippen LogP contribution is 2.29. The third-order valence-electron chi connectivity index (χ3n) is 5.62. The summed E-state index contributed by atoms with van der Waals surface area (Å²) in [4.78, 5) is 29.3. The van der Waals surface area contributed by atoms with Gasteiger partial charge < -0.3 is 20.5 Å². The first-order valence-electron chi connectivity index (χ1n) is 11.6. The van der Waals surface area contributed by atoms with Crippen LogP contribution in [0.15, 0.2) is 104 Å². The average Bonchev–Trinajstić information content (AvgIpc) is 3.39. The number of nitrogens with two attached hydrogens (primary N) is 1. The molecule has 188 valence electrons. The molecular formula is C29H23N5O4. The van der Waals surface area contributed by atoms with E-state index in [1.54, 1.807) is 77.9 Å². The van der Waals surface area contributed by atoms with E-state index in [-0.39, 0.29) is 5.91 Å². The fraction of sp³-hybridized carbons (Fsp3) is 0.0345. The molecule has 0 unspecified atom stereocenters. The SMILES string of the molecule is COC(=O)c1ccc(-n2cc(C(=O)Nc3cc(N)cc(Oc4cccnc4)c3)c(-c3ccccc3)n2)cc1. The van der Waals surface area contributed by atoms with E-state index in [0.29, 0.717) is 45.4 Å². The van der Waals surface area contributed by atoms with Crippen LogP contribution in [0.5, 0.6) is 11.5 Å². The summed E-state index contributed by atoms with van der Waals surface area (Å²) in [5.74, 6) is 0.189. The van der Waals surface area contributed by atoms with Crippen LogP contribution >= 0.6 is 0 Å². The molecule has 0 aliphatic heterocycles. The van der Waals surface area contributed by atoms with Crippen molar-refractivity contribution in [2.45, 2.75) is 0 Å². The molecule has 0 bridgehead atoms. The molecule has 2 heterocycles. The summed E-state index contributed by atoms with van der Waals surface area (Å²) in [6.07, 6.45) is 4.87. The molecule has 9 heteroatoms. The molecular weight excluding hydrogens is 482 g/mol. The number of methoxy groups -OCH3 is 1. The molecule has 1 amide bonds. The first-order valence-corrected chi connectivity index (χ1v) is 11.6. The molecule has 0 aliphatic carbocycles. The van der Waals surface area contributed by atoms with Gasteiger partial charge in [0.05, 0.1) is 30.1 Å². The maximum Gasteiger partial charge on any atom is 0.337 e. The summed E-state index contributed by atoms with van der Waals surface area (Å²) in [5.41, 5.74) is 9.67. The summed E-state index contributed by atoms with van der Waals surface area (Å²) in [6, 6.07) is 24.7. The highest BCUT2D eigenvalue weighted by atomic mass is 16.5. The van der Waals surface area contributed by atoms with Gasteiger partial charge in [-0.1, -0.05) is 30.3 Å². The number of carbonyl (C=O) groups excluding carboxylic acids is 2. The number of hydrogen-bond acceptors (Lipinski definition) is 7. The van der Waals surface area contributed by atoms with Crippen LogP contribution in [0.2, 0.25) is 0 Å². The lowest BCUT2D eigenvalue weighted by Gasteiger charge is -2.10. The van der Waals surface area contributed by atoms with Crippen molar-refractivity contribution in [1.82, 2.24) is 14.8 Å². The average molecular weight is 506 g/mol. The van der Waals surface area contributed by atoms with Gasteiger partial charge in [0.1, 0.15) is 17.2 Å². The second kappa shape index (κ2) is 10.7. The second-order valence-corrected chi connectivity index (χ2v) is 8.28. The number of rotatable bonds is 7. The Labute approximate surface area is 218 Å². The molecule has 0 saturated carbocycles. The van der Waals surface area contributed by atoms with Gasteiger partial charge in [-0.25, -0.2) is 9.48 Å². The van der Waals surface area contributed by atoms with E-state index >= 15 is 0 Å². The van der Waals surface area contributed by atoms with Crippen molar-refractivity contribution in [2.24, 2.45) is 0 Å². The zero-order valence-electron chi connectivity index (χ0n) is 20.4. The number of nitrogen functional groups attached to an aromatic ring is 1. The van der Waals surface area contributed by atoms with Crippen LogP contribution in [0.4, 0.5) is 11.4 Å². The standard InChI is InChI=1S/C29H23N5O4/c1-37-29(36)20-9-11-23(12-10-20)34-18-26(27(33-34)19-6-3-2-4-7-19)28(35)32-22-14-21(30)15-25(16-22)38-24-8-5-13-31-17-24/h2-18H,30H2,1H3,(H,32,35). The van der Waals surface area contributed by atoms with Crippen molar-refractivity contribution >= 4 is 23.3 Å². The zero-order valence-corrected chi connectivity index (χ0v) is 20.4. The molecule has 3 N–H and O–H groups in total. The van der Waals surface area contributed by atoms with Gasteiger partial charge in [-0.05, 0) is 42.5 Å². The molecule has 0 atom stereocenters. The lowest BCUT2D eigenvalue weighted by molar-refractivity contribution is 0.0600. The minimum atomic E-state index is -0.434. The zero-order chi connectivity index (χ0) is 26.5. The maximum atomic E-state index is 13.5. The summed E-state index contributed by atoms with van der Waals surface area (Å²) in [5, 5.41) is 7.59. The number of anilines is 2. The molecule has 0 fully saturated rings. The monoisotopic (exact) mass is 505 g/mol. The fourth-order valence-electron chi connectivity index (χ4n) is 3.84. The Hall–Kier alpha value is -5.44. The van der Waals surface area contributed by atoms with Gasteiger partial charge in [-0.15, -0.1) is 0 Å². The normalized spacial score (nSPS) is 10.6. The largest absolute Gasteiger partial charge is 0.465 e. The molecule has 0 radical (unpaired) electrons.